The maximum atomic E-state index is 12.6. The Hall–Kier alpha value is -2.42. The van der Waals surface area contributed by atoms with E-state index in [9.17, 15) is 18.0 Å². The highest BCUT2D eigenvalue weighted by molar-refractivity contribution is 5.95. The number of hydrogen-bond donors (Lipinski definition) is 0. The molecule has 1 atom stereocenters. The number of likely N-dealkylation sites (tertiary alicyclic amines) is 1. The van der Waals surface area contributed by atoms with Crippen LogP contribution in [-0.2, 0) is 10.9 Å². The van der Waals surface area contributed by atoms with E-state index in [4.69, 9.17) is 4.74 Å². The lowest BCUT2D eigenvalue weighted by Gasteiger charge is -2.24. The number of carbonyl (C=O) groups is 1. The number of methoxy groups -OCH3 is 1. The molecule has 0 unspecified atom stereocenters. The summed E-state index contributed by atoms with van der Waals surface area (Å²) in [6, 6.07) is 6.13. The van der Waals surface area contributed by atoms with Crippen molar-refractivity contribution in [2.75, 3.05) is 20.3 Å². The van der Waals surface area contributed by atoms with Crippen LogP contribution in [0.15, 0.2) is 28.8 Å². The summed E-state index contributed by atoms with van der Waals surface area (Å²) in [6.07, 6.45) is -2.88. The number of nitrogens with zero attached hydrogens (tertiary/aromatic N) is 3. The van der Waals surface area contributed by atoms with Gasteiger partial charge >= 0.3 is 12.1 Å². The molecule has 9 heteroatoms. The number of aromatic nitrogens is 2. The summed E-state index contributed by atoms with van der Waals surface area (Å²) in [5, 5.41) is 3.32. The van der Waals surface area contributed by atoms with E-state index >= 15 is 0 Å². The zero-order chi connectivity index (χ0) is 18.0. The molecule has 0 saturated carbocycles. The molecule has 1 aliphatic heterocycles. The molecule has 0 spiro atoms. The Labute approximate surface area is 141 Å². The van der Waals surface area contributed by atoms with Gasteiger partial charge in [-0.05, 0) is 25.0 Å². The van der Waals surface area contributed by atoms with E-state index in [1.807, 2.05) is 0 Å². The molecule has 1 amide bonds. The highest BCUT2D eigenvalue weighted by atomic mass is 19.4. The van der Waals surface area contributed by atoms with Crippen LogP contribution in [0.5, 0.6) is 0 Å². The molecule has 6 nitrogen and oxygen atoms in total. The van der Waals surface area contributed by atoms with Crippen molar-refractivity contribution in [3.63, 3.8) is 0 Å². The largest absolute Gasteiger partial charge is 0.471 e. The van der Waals surface area contributed by atoms with Crippen LogP contribution in [0.2, 0.25) is 0 Å². The summed E-state index contributed by atoms with van der Waals surface area (Å²) in [7, 11) is 1.59. The van der Waals surface area contributed by atoms with Crippen LogP contribution < -0.4 is 0 Å². The number of hydrogen-bond acceptors (Lipinski definition) is 5. The second kappa shape index (κ2) is 6.83. The Balaban J connectivity index is 1.76. The molecule has 0 aliphatic carbocycles. The molecule has 1 saturated heterocycles. The van der Waals surface area contributed by atoms with E-state index in [2.05, 4.69) is 14.7 Å². The molecule has 0 N–H and O–H groups in total. The lowest BCUT2D eigenvalue weighted by molar-refractivity contribution is -0.159. The average molecular weight is 355 g/mol. The van der Waals surface area contributed by atoms with Crippen molar-refractivity contribution in [2.24, 2.45) is 0 Å². The number of ether oxygens (including phenoxy) is 1. The fourth-order valence-electron chi connectivity index (χ4n) is 2.85. The topological polar surface area (TPSA) is 68.5 Å². The van der Waals surface area contributed by atoms with Crippen molar-refractivity contribution in [3.8, 4) is 11.4 Å². The average Bonchev–Trinajstić information content (AvgIpc) is 3.24. The van der Waals surface area contributed by atoms with E-state index < -0.39 is 12.1 Å². The second-order valence-corrected chi connectivity index (χ2v) is 5.75. The standard InChI is InChI=1S/C16H16F3N3O3/c1-24-9-12-3-2-8-22(12)14(23)11-6-4-10(5-7-11)13-20-15(25-21-13)16(17,18)19/h4-7,12H,2-3,8-9H2,1H3/t12-/m1/s1. The van der Waals surface area contributed by atoms with Gasteiger partial charge in [0.2, 0.25) is 5.82 Å². The van der Waals surface area contributed by atoms with Gasteiger partial charge in [-0.2, -0.15) is 18.2 Å². The number of benzene rings is 1. The molecule has 0 bridgehead atoms. The van der Waals surface area contributed by atoms with Gasteiger partial charge < -0.3 is 14.2 Å². The minimum Gasteiger partial charge on any atom is -0.383 e. The molecular weight excluding hydrogens is 339 g/mol. The minimum absolute atomic E-state index is 0.0451. The second-order valence-electron chi connectivity index (χ2n) is 5.75. The van der Waals surface area contributed by atoms with Gasteiger partial charge in [-0.15, -0.1) is 0 Å². The predicted octanol–water partition coefficient (Wildman–Crippen LogP) is 3.01. The quantitative estimate of drug-likeness (QED) is 0.843. The third kappa shape index (κ3) is 3.65. The monoisotopic (exact) mass is 355 g/mol. The van der Waals surface area contributed by atoms with Gasteiger partial charge in [0.25, 0.3) is 5.91 Å². The zero-order valence-electron chi connectivity index (χ0n) is 13.4. The first-order valence-electron chi connectivity index (χ1n) is 7.71. The molecular formula is C16H16F3N3O3. The van der Waals surface area contributed by atoms with Gasteiger partial charge in [-0.25, -0.2) is 0 Å². The van der Waals surface area contributed by atoms with Crippen molar-refractivity contribution < 1.29 is 27.2 Å². The van der Waals surface area contributed by atoms with E-state index in [0.717, 1.165) is 12.8 Å². The number of alkyl halides is 3. The van der Waals surface area contributed by atoms with Gasteiger partial charge in [0.15, 0.2) is 0 Å². The first-order valence-corrected chi connectivity index (χ1v) is 7.71. The Morgan fingerprint density at radius 1 is 1.36 bits per heavy atom. The van der Waals surface area contributed by atoms with E-state index in [0.29, 0.717) is 24.3 Å². The molecule has 1 aromatic carbocycles. The van der Waals surface area contributed by atoms with Crippen LogP contribution >= 0.6 is 0 Å². The molecule has 3 rings (SSSR count). The maximum absolute atomic E-state index is 12.6. The van der Waals surface area contributed by atoms with Crippen LogP contribution in [-0.4, -0.2) is 47.3 Å². The summed E-state index contributed by atoms with van der Waals surface area (Å²) in [4.78, 5) is 17.7. The lowest BCUT2D eigenvalue weighted by atomic mass is 10.1. The smallest absolute Gasteiger partial charge is 0.383 e. The summed E-state index contributed by atoms with van der Waals surface area (Å²) in [5.74, 6) is -1.71. The van der Waals surface area contributed by atoms with Crippen LogP contribution in [0.3, 0.4) is 0 Å². The third-order valence-electron chi connectivity index (χ3n) is 4.06. The van der Waals surface area contributed by atoms with Crippen LogP contribution in [0, 0.1) is 0 Å². The minimum atomic E-state index is -4.69. The van der Waals surface area contributed by atoms with Gasteiger partial charge in [0.1, 0.15) is 0 Å². The van der Waals surface area contributed by atoms with E-state index in [1.54, 1.807) is 24.1 Å². The first-order chi connectivity index (χ1) is 11.9. The van der Waals surface area contributed by atoms with Gasteiger partial charge in [0, 0.05) is 24.8 Å². The molecule has 1 fully saturated rings. The highest BCUT2D eigenvalue weighted by Gasteiger charge is 2.38. The van der Waals surface area contributed by atoms with Crippen molar-refractivity contribution in [2.45, 2.75) is 25.1 Å². The van der Waals surface area contributed by atoms with Gasteiger partial charge in [-0.3, -0.25) is 4.79 Å². The Kier molecular flexibility index (Phi) is 4.76. The number of carbonyl (C=O) groups excluding carboxylic acids is 1. The van der Waals surface area contributed by atoms with E-state index in [-0.39, 0.29) is 17.8 Å². The van der Waals surface area contributed by atoms with Crippen molar-refractivity contribution >= 4 is 5.91 Å². The van der Waals surface area contributed by atoms with E-state index in [1.165, 1.54) is 12.1 Å². The summed E-state index contributed by atoms with van der Waals surface area (Å²) in [6.45, 7) is 1.14. The van der Waals surface area contributed by atoms with Crippen molar-refractivity contribution in [1.82, 2.24) is 15.0 Å². The van der Waals surface area contributed by atoms with Gasteiger partial charge in [0.05, 0.1) is 12.6 Å². The Morgan fingerprint density at radius 3 is 2.68 bits per heavy atom. The molecule has 25 heavy (non-hydrogen) atoms. The molecule has 2 aromatic rings. The molecule has 0 radical (unpaired) electrons. The maximum Gasteiger partial charge on any atom is 0.471 e. The molecule has 2 heterocycles. The molecule has 134 valence electrons. The first kappa shape index (κ1) is 17.4. The fraction of sp³-hybridized carbons (Fsp3) is 0.438. The Morgan fingerprint density at radius 2 is 2.08 bits per heavy atom. The Bertz CT molecular complexity index is 743. The fourth-order valence-corrected chi connectivity index (χ4v) is 2.85. The highest BCUT2D eigenvalue weighted by Crippen LogP contribution is 2.29. The van der Waals surface area contributed by atoms with Gasteiger partial charge in [-0.1, -0.05) is 17.3 Å². The SMILES string of the molecule is COC[C@H]1CCCN1C(=O)c1ccc(-c2noc(C(F)(F)F)n2)cc1. The van der Waals surface area contributed by atoms with Crippen LogP contribution in [0.4, 0.5) is 13.2 Å². The van der Waals surface area contributed by atoms with Crippen LogP contribution in [0.1, 0.15) is 29.1 Å². The summed E-state index contributed by atoms with van der Waals surface area (Å²) < 4.78 is 46.9. The number of amides is 1. The normalized spacial score (nSPS) is 17.9. The third-order valence-corrected chi connectivity index (χ3v) is 4.06. The summed E-state index contributed by atoms with van der Waals surface area (Å²) >= 11 is 0. The molecule has 1 aromatic heterocycles. The van der Waals surface area contributed by atoms with Crippen molar-refractivity contribution in [3.05, 3.63) is 35.7 Å². The molecule has 1 aliphatic rings. The number of rotatable bonds is 4. The van der Waals surface area contributed by atoms with Crippen LogP contribution in [0.25, 0.3) is 11.4 Å². The van der Waals surface area contributed by atoms with Crippen molar-refractivity contribution in [1.29, 1.82) is 0 Å². The zero-order valence-corrected chi connectivity index (χ0v) is 13.4. The number of halogens is 3. The predicted molar refractivity (Wildman–Crippen MR) is 80.7 cm³/mol. The lowest BCUT2D eigenvalue weighted by Crippen LogP contribution is -2.38. The summed E-state index contributed by atoms with van der Waals surface area (Å²) in [5.41, 5.74) is 0.789.